The summed E-state index contributed by atoms with van der Waals surface area (Å²) in [5.74, 6) is 0.502. The van der Waals surface area contributed by atoms with Gasteiger partial charge in [0.25, 0.3) is 0 Å². The molecule has 1 aromatic rings. The summed E-state index contributed by atoms with van der Waals surface area (Å²) in [5, 5.41) is 0. The molecule has 4 heteroatoms. The van der Waals surface area contributed by atoms with E-state index in [0.717, 1.165) is 43.5 Å². The van der Waals surface area contributed by atoms with Crippen molar-refractivity contribution < 1.29 is 14.3 Å². The lowest BCUT2D eigenvalue weighted by molar-refractivity contribution is -0.169. The van der Waals surface area contributed by atoms with Crippen LogP contribution < -0.4 is 0 Å². The second-order valence-electron chi connectivity index (χ2n) is 7.12. The fourth-order valence-corrected chi connectivity index (χ4v) is 4.39. The first-order valence-corrected chi connectivity index (χ1v) is 9.07. The predicted octanol–water partition coefficient (Wildman–Crippen LogP) is 3.09. The molecule has 4 nitrogen and oxygen atoms in total. The zero-order valence-electron chi connectivity index (χ0n) is 14.2. The van der Waals surface area contributed by atoms with Gasteiger partial charge >= 0.3 is 0 Å². The number of carbonyl (C=O) groups excluding carboxylic acids is 1. The Morgan fingerprint density at radius 3 is 2.83 bits per heavy atom. The van der Waals surface area contributed by atoms with Gasteiger partial charge in [0.05, 0.1) is 30.6 Å². The first-order chi connectivity index (χ1) is 11.8. The fraction of sp³-hybridized carbons (Fsp3) is 0.550. The molecule has 1 aromatic carbocycles. The molecule has 4 unspecified atom stereocenters. The lowest BCUT2D eigenvalue weighted by Crippen LogP contribution is -2.56. The molecular weight excluding hydrogens is 302 g/mol. The Labute approximate surface area is 143 Å². The third kappa shape index (κ3) is 2.78. The molecule has 0 amide bonds. The Morgan fingerprint density at radius 2 is 2.04 bits per heavy atom. The standard InChI is InChI=1S/C20H25NO3/c1-2-10-21-11-16-18(24-13-21)9-8-15-19(22)17(12-23-20(15)16)14-6-4-3-5-7-14/h3-7,12,15-16,18,20H,2,8-11,13H2,1H3. The van der Waals surface area contributed by atoms with Crippen molar-refractivity contribution in [2.75, 3.05) is 19.8 Å². The molecule has 4 atom stereocenters. The van der Waals surface area contributed by atoms with E-state index >= 15 is 0 Å². The van der Waals surface area contributed by atoms with E-state index in [9.17, 15) is 4.79 Å². The van der Waals surface area contributed by atoms with Gasteiger partial charge in [-0.1, -0.05) is 37.3 Å². The molecule has 0 aromatic heterocycles. The number of nitrogens with zero attached hydrogens (tertiary/aromatic N) is 1. The largest absolute Gasteiger partial charge is 0.496 e. The molecule has 0 spiro atoms. The van der Waals surface area contributed by atoms with E-state index in [1.54, 1.807) is 6.26 Å². The Morgan fingerprint density at radius 1 is 1.21 bits per heavy atom. The van der Waals surface area contributed by atoms with Crippen molar-refractivity contribution >= 4 is 11.4 Å². The van der Waals surface area contributed by atoms with E-state index in [-0.39, 0.29) is 23.9 Å². The summed E-state index contributed by atoms with van der Waals surface area (Å²) < 4.78 is 12.2. The van der Waals surface area contributed by atoms with Gasteiger partial charge in [-0.15, -0.1) is 0 Å². The number of benzene rings is 1. The minimum Gasteiger partial charge on any atom is -0.496 e. The second-order valence-corrected chi connectivity index (χ2v) is 7.12. The van der Waals surface area contributed by atoms with Crippen LogP contribution in [0.3, 0.4) is 0 Å². The van der Waals surface area contributed by atoms with Crippen LogP contribution >= 0.6 is 0 Å². The molecule has 3 aliphatic rings. The molecule has 1 saturated carbocycles. The molecule has 24 heavy (non-hydrogen) atoms. The summed E-state index contributed by atoms with van der Waals surface area (Å²) in [5.41, 5.74) is 1.67. The van der Waals surface area contributed by atoms with Gasteiger partial charge < -0.3 is 9.47 Å². The van der Waals surface area contributed by atoms with Crippen molar-refractivity contribution in [3.63, 3.8) is 0 Å². The van der Waals surface area contributed by atoms with Crippen molar-refractivity contribution in [1.82, 2.24) is 4.90 Å². The predicted molar refractivity (Wildman–Crippen MR) is 92.1 cm³/mol. The molecular formula is C20H25NO3. The van der Waals surface area contributed by atoms with Crippen molar-refractivity contribution in [1.29, 1.82) is 0 Å². The van der Waals surface area contributed by atoms with E-state index in [2.05, 4.69) is 11.8 Å². The molecule has 4 rings (SSSR count). The van der Waals surface area contributed by atoms with Crippen LogP contribution in [0.2, 0.25) is 0 Å². The minimum absolute atomic E-state index is 0.0309. The van der Waals surface area contributed by atoms with Crippen molar-refractivity contribution in [2.24, 2.45) is 11.8 Å². The van der Waals surface area contributed by atoms with Crippen LogP contribution in [0.5, 0.6) is 0 Å². The lowest BCUT2D eigenvalue weighted by atomic mass is 9.71. The lowest BCUT2D eigenvalue weighted by Gasteiger charge is -2.48. The van der Waals surface area contributed by atoms with Crippen LogP contribution in [0.4, 0.5) is 0 Å². The molecule has 128 valence electrons. The number of ether oxygens (including phenoxy) is 2. The highest BCUT2D eigenvalue weighted by atomic mass is 16.5. The average Bonchev–Trinajstić information content (AvgIpc) is 2.63. The first kappa shape index (κ1) is 15.9. The number of hydrogen-bond acceptors (Lipinski definition) is 4. The topological polar surface area (TPSA) is 38.8 Å². The zero-order valence-corrected chi connectivity index (χ0v) is 14.2. The van der Waals surface area contributed by atoms with Gasteiger partial charge in [0, 0.05) is 19.0 Å². The molecule has 0 radical (unpaired) electrons. The number of carbonyl (C=O) groups is 1. The molecule has 1 aliphatic carbocycles. The highest BCUT2D eigenvalue weighted by Gasteiger charge is 2.48. The Hall–Kier alpha value is -1.65. The Kier molecular flexibility index (Phi) is 4.42. The van der Waals surface area contributed by atoms with Gasteiger partial charge in [0.15, 0.2) is 5.78 Å². The summed E-state index contributed by atoms with van der Waals surface area (Å²) >= 11 is 0. The highest BCUT2D eigenvalue weighted by Crippen LogP contribution is 2.41. The van der Waals surface area contributed by atoms with Crippen LogP contribution in [0.1, 0.15) is 31.7 Å². The smallest absolute Gasteiger partial charge is 0.173 e. The molecule has 2 fully saturated rings. The quantitative estimate of drug-likeness (QED) is 0.855. The van der Waals surface area contributed by atoms with E-state index in [1.165, 1.54) is 0 Å². The fourth-order valence-electron chi connectivity index (χ4n) is 4.39. The summed E-state index contributed by atoms with van der Waals surface area (Å²) in [6, 6.07) is 9.85. The normalized spacial score (nSPS) is 33.2. The third-order valence-corrected chi connectivity index (χ3v) is 5.57. The van der Waals surface area contributed by atoms with Gasteiger partial charge in [-0.05, 0) is 24.8 Å². The number of Topliss-reactive ketones (excluding diaryl/α,β-unsaturated/α-hetero) is 1. The van der Waals surface area contributed by atoms with Gasteiger partial charge in [-0.3, -0.25) is 9.69 Å². The third-order valence-electron chi connectivity index (χ3n) is 5.57. The maximum absolute atomic E-state index is 13.0. The van der Waals surface area contributed by atoms with Crippen molar-refractivity contribution in [3.05, 3.63) is 42.2 Å². The van der Waals surface area contributed by atoms with E-state index < -0.39 is 0 Å². The first-order valence-electron chi connectivity index (χ1n) is 9.07. The number of hydrogen-bond donors (Lipinski definition) is 0. The highest BCUT2D eigenvalue weighted by molar-refractivity contribution is 6.22. The summed E-state index contributed by atoms with van der Waals surface area (Å²) in [6.45, 7) is 4.91. The van der Waals surface area contributed by atoms with E-state index in [1.807, 2.05) is 30.3 Å². The summed E-state index contributed by atoms with van der Waals surface area (Å²) in [7, 11) is 0. The second kappa shape index (κ2) is 6.69. The SMILES string of the molecule is CCCN1COC2CCC3C(=O)C(c4ccccc4)=COC3C2C1. The van der Waals surface area contributed by atoms with Crippen LogP contribution in [0.25, 0.3) is 5.57 Å². The Balaban J connectivity index is 1.56. The summed E-state index contributed by atoms with van der Waals surface area (Å²) in [6.07, 6.45) is 4.83. The van der Waals surface area contributed by atoms with Gasteiger partial charge in [0.2, 0.25) is 0 Å². The maximum Gasteiger partial charge on any atom is 0.173 e. The molecule has 2 heterocycles. The van der Waals surface area contributed by atoms with Gasteiger partial charge in [-0.2, -0.15) is 0 Å². The molecule has 0 bridgehead atoms. The van der Waals surface area contributed by atoms with Crippen LogP contribution in [-0.2, 0) is 14.3 Å². The van der Waals surface area contributed by atoms with E-state index in [4.69, 9.17) is 9.47 Å². The zero-order chi connectivity index (χ0) is 16.5. The van der Waals surface area contributed by atoms with E-state index in [0.29, 0.717) is 12.6 Å². The number of allylic oxidation sites excluding steroid dienone is 1. The summed E-state index contributed by atoms with van der Waals surface area (Å²) in [4.78, 5) is 15.4. The maximum atomic E-state index is 13.0. The number of fused-ring (bicyclic) bond motifs is 3. The van der Waals surface area contributed by atoms with Crippen molar-refractivity contribution in [2.45, 2.75) is 38.4 Å². The number of ketones is 1. The van der Waals surface area contributed by atoms with Crippen molar-refractivity contribution in [3.8, 4) is 0 Å². The van der Waals surface area contributed by atoms with Gasteiger partial charge in [-0.25, -0.2) is 0 Å². The molecule has 1 saturated heterocycles. The Bertz CT molecular complexity index is 627. The van der Waals surface area contributed by atoms with Crippen LogP contribution in [-0.4, -0.2) is 42.7 Å². The number of rotatable bonds is 3. The minimum atomic E-state index is -0.0385. The van der Waals surface area contributed by atoms with Crippen LogP contribution in [0, 0.1) is 11.8 Å². The van der Waals surface area contributed by atoms with Crippen LogP contribution in [0.15, 0.2) is 36.6 Å². The van der Waals surface area contributed by atoms with Gasteiger partial charge in [0.1, 0.15) is 6.10 Å². The monoisotopic (exact) mass is 327 g/mol. The molecule has 2 aliphatic heterocycles. The molecule has 0 N–H and O–H groups in total. The average molecular weight is 327 g/mol.